The lowest BCUT2D eigenvalue weighted by Crippen LogP contribution is -2.50. The Morgan fingerprint density at radius 1 is 1.25 bits per heavy atom. The lowest BCUT2D eigenvalue weighted by molar-refractivity contribution is -0.117. The number of hydrogen-bond donors (Lipinski definition) is 5. The number of aliphatic hydroxyl groups is 4. The molecule has 1 aliphatic heterocycles. The van der Waals surface area contributed by atoms with Crippen molar-refractivity contribution in [3.05, 3.63) is 30.3 Å². The quantitative estimate of drug-likeness (QED) is 0.459. The van der Waals surface area contributed by atoms with Gasteiger partial charge < -0.3 is 30.5 Å². The third kappa shape index (κ3) is 1.87. The van der Waals surface area contributed by atoms with E-state index in [0.717, 1.165) is 5.69 Å². The van der Waals surface area contributed by atoms with Gasteiger partial charge in [0, 0.05) is 5.69 Å². The molecule has 1 aromatic rings. The number of anilines is 1. The monoisotopic (exact) mass is 280 g/mol. The van der Waals surface area contributed by atoms with E-state index >= 15 is 0 Å². The highest BCUT2D eigenvalue weighted by Gasteiger charge is 2.63. The van der Waals surface area contributed by atoms with E-state index in [1.807, 2.05) is 30.3 Å². The Hall–Kier alpha value is -1.67. The molecule has 7 heteroatoms. The first-order chi connectivity index (χ1) is 9.56. The van der Waals surface area contributed by atoms with Crippen molar-refractivity contribution < 1.29 is 25.2 Å². The van der Waals surface area contributed by atoms with Crippen LogP contribution in [0.15, 0.2) is 35.3 Å². The maximum absolute atomic E-state index is 10.2. The van der Waals surface area contributed by atoms with Gasteiger partial charge in [0.05, 0.1) is 6.61 Å². The van der Waals surface area contributed by atoms with Gasteiger partial charge >= 0.3 is 0 Å². The molecule has 1 heterocycles. The van der Waals surface area contributed by atoms with Gasteiger partial charge in [0.25, 0.3) is 6.02 Å². The molecular weight excluding hydrogens is 264 g/mol. The van der Waals surface area contributed by atoms with Crippen molar-refractivity contribution in [3.8, 4) is 0 Å². The van der Waals surface area contributed by atoms with Crippen LogP contribution < -0.4 is 5.32 Å². The van der Waals surface area contributed by atoms with E-state index in [1.165, 1.54) is 0 Å². The van der Waals surface area contributed by atoms with Crippen LogP contribution in [0, 0.1) is 0 Å². The highest BCUT2D eigenvalue weighted by molar-refractivity contribution is 5.90. The molecule has 108 valence electrons. The van der Waals surface area contributed by atoms with Crippen LogP contribution in [0.3, 0.4) is 0 Å². The molecule has 7 nitrogen and oxygen atoms in total. The van der Waals surface area contributed by atoms with Gasteiger partial charge in [-0.1, -0.05) is 18.2 Å². The number of benzene rings is 1. The van der Waals surface area contributed by atoms with E-state index in [-0.39, 0.29) is 6.02 Å². The number of rotatable bonds is 2. The number of nitrogens with zero attached hydrogens (tertiary/aromatic N) is 1. The fourth-order valence-electron chi connectivity index (χ4n) is 2.62. The van der Waals surface area contributed by atoms with Gasteiger partial charge in [-0.05, 0) is 12.1 Å². The van der Waals surface area contributed by atoms with Crippen molar-refractivity contribution in [2.24, 2.45) is 4.99 Å². The van der Waals surface area contributed by atoms with Gasteiger partial charge in [0.1, 0.15) is 23.9 Å². The molecule has 1 saturated carbocycles. The minimum Gasteiger partial charge on any atom is -0.456 e. The summed E-state index contributed by atoms with van der Waals surface area (Å²) >= 11 is 0. The Morgan fingerprint density at radius 2 is 1.95 bits per heavy atom. The molecule has 3 rings (SSSR count). The first kappa shape index (κ1) is 13.3. The summed E-state index contributed by atoms with van der Waals surface area (Å²) in [7, 11) is 0. The molecule has 1 aliphatic carbocycles. The van der Waals surface area contributed by atoms with Crippen LogP contribution in [0.4, 0.5) is 5.69 Å². The van der Waals surface area contributed by atoms with Crippen LogP contribution in [0.2, 0.25) is 0 Å². The van der Waals surface area contributed by atoms with Gasteiger partial charge in [-0.25, -0.2) is 4.99 Å². The standard InChI is InChI=1S/C13H16N2O5/c16-6-13(19)10-9(8(17)11(13)18)20-12(15-10)14-7-4-2-1-3-5-7/h1-5,8-11,16-19H,6H2,(H,14,15)/t8-,9+,10+,11-,13+/m0/s1. The maximum Gasteiger partial charge on any atom is 0.290 e. The minimum atomic E-state index is -1.90. The molecule has 0 amide bonds. The average molecular weight is 280 g/mol. The first-order valence-electron chi connectivity index (χ1n) is 6.32. The van der Waals surface area contributed by atoms with Gasteiger partial charge in [-0.15, -0.1) is 0 Å². The summed E-state index contributed by atoms with van der Waals surface area (Å²) in [6.07, 6.45) is -3.69. The van der Waals surface area contributed by atoms with E-state index in [1.54, 1.807) is 0 Å². The Bertz CT molecular complexity index is 523. The summed E-state index contributed by atoms with van der Waals surface area (Å²) in [5.74, 6) is 0. The van der Waals surface area contributed by atoms with Crippen molar-refractivity contribution in [2.45, 2.75) is 30.0 Å². The van der Waals surface area contributed by atoms with Gasteiger partial charge in [-0.3, -0.25) is 0 Å². The van der Waals surface area contributed by atoms with E-state index in [9.17, 15) is 20.4 Å². The molecule has 0 bridgehead atoms. The summed E-state index contributed by atoms with van der Waals surface area (Å²) in [6.45, 7) is -0.710. The van der Waals surface area contributed by atoms with Crippen LogP contribution in [0.5, 0.6) is 0 Å². The molecule has 1 fully saturated rings. The highest BCUT2D eigenvalue weighted by Crippen LogP contribution is 2.38. The summed E-state index contributed by atoms with van der Waals surface area (Å²) in [5, 5.41) is 42.0. The van der Waals surface area contributed by atoms with Gasteiger partial charge in [-0.2, -0.15) is 0 Å². The van der Waals surface area contributed by atoms with Crippen LogP contribution in [0.1, 0.15) is 0 Å². The second-order valence-electron chi connectivity index (χ2n) is 5.04. The first-order valence-corrected chi connectivity index (χ1v) is 6.32. The second kappa shape index (κ2) is 4.71. The van der Waals surface area contributed by atoms with Crippen LogP contribution in [-0.4, -0.2) is 63.0 Å². The number of ether oxygens (including phenoxy) is 1. The zero-order chi connectivity index (χ0) is 14.3. The Balaban J connectivity index is 1.82. The zero-order valence-corrected chi connectivity index (χ0v) is 10.5. The van der Waals surface area contributed by atoms with E-state index < -0.39 is 36.6 Å². The fourth-order valence-corrected chi connectivity index (χ4v) is 2.62. The van der Waals surface area contributed by atoms with Crippen molar-refractivity contribution in [1.82, 2.24) is 0 Å². The van der Waals surface area contributed by atoms with Crippen LogP contribution in [0.25, 0.3) is 0 Å². The zero-order valence-electron chi connectivity index (χ0n) is 10.5. The van der Waals surface area contributed by atoms with Crippen LogP contribution >= 0.6 is 0 Å². The van der Waals surface area contributed by atoms with Crippen molar-refractivity contribution >= 4 is 11.7 Å². The van der Waals surface area contributed by atoms with Crippen molar-refractivity contribution in [1.29, 1.82) is 0 Å². The summed E-state index contributed by atoms with van der Waals surface area (Å²) in [6, 6.07) is 8.38. The van der Waals surface area contributed by atoms with Gasteiger partial charge in [0.15, 0.2) is 6.10 Å². The van der Waals surface area contributed by atoms with Crippen LogP contribution in [-0.2, 0) is 4.74 Å². The lowest BCUT2D eigenvalue weighted by atomic mass is 9.97. The van der Waals surface area contributed by atoms with E-state index in [0.29, 0.717) is 0 Å². The predicted molar refractivity (Wildman–Crippen MR) is 70.2 cm³/mol. The van der Waals surface area contributed by atoms with Gasteiger partial charge in [0.2, 0.25) is 0 Å². The molecule has 0 spiro atoms. The Morgan fingerprint density at radius 3 is 2.60 bits per heavy atom. The molecule has 5 N–H and O–H groups in total. The number of fused-ring (bicyclic) bond motifs is 1. The SMILES string of the molecule is OC[C@@]1(O)[C@@H]2N=C(Nc3ccccc3)O[C@@H]2[C@H](O)[C@@H]1O. The second-order valence-corrected chi connectivity index (χ2v) is 5.04. The number of aliphatic hydroxyl groups excluding tert-OH is 3. The topological polar surface area (TPSA) is 115 Å². The third-order valence-electron chi connectivity index (χ3n) is 3.78. The largest absolute Gasteiger partial charge is 0.456 e. The molecular formula is C13H16N2O5. The molecule has 0 unspecified atom stereocenters. The normalized spacial score (nSPS) is 39.1. The molecule has 2 aliphatic rings. The van der Waals surface area contributed by atoms with Crippen molar-refractivity contribution in [3.63, 3.8) is 0 Å². The highest BCUT2D eigenvalue weighted by atomic mass is 16.5. The number of nitrogens with one attached hydrogen (secondary N) is 1. The molecule has 5 atom stereocenters. The number of amidine groups is 1. The average Bonchev–Trinajstić information content (AvgIpc) is 2.96. The summed E-state index contributed by atoms with van der Waals surface area (Å²) in [5.41, 5.74) is -1.15. The Kier molecular flexibility index (Phi) is 3.14. The molecule has 1 aromatic carbocycles. The number of aliphatic imine (C=N–C) groups is 1. The number of hydrogen-bond acceptors (Lipinski definition) is 7. The maximum atomic E-state index is 10.2. The Labute approximate surface area is 115 Å². The molecule has 20 heavy (non-hydrogen) atoms. The number of para-hydroxylation sites is 1. The van der Waals surface area contributed by atoms with Crippen molar-refractivity contribution in [2.75, 3.05) is 11.9 Å². The molecule has 0 radical (unpaired) electrons. The van der Waals surface area contributed by atoms with E-state index in [4.69, 9.17) is 4.74 Å². The van der Waals surface area contributed by atoms with E-state index in [2.05, 4.69) is 10.3 Å². The fraction of sp³-hybridized carbons (Fsp3) is 0.462. The summed E-state index contributed by atoms with van der Waals surface area (Å²) in [4.78, 5) is 4.12. The summed E-state index contributed by atoms with van der Waals surface area (Å²) < 4.78 is 5.43. The minimum absolute atomic E-state index is 0.143. The smallest absolute Gasteiger partial charge is 0.290 e. The molecule has 0 saturated heterocycles. The predicted octanol–water partition coefficient (Wildman–Crippen LogP) is -1.32. The lowest BCUT2D eigenvalue weighted by Gasteiger charge is -2.27. The molecule has 0 aromatic heterocycles. The third-order valence-corrected chi connectivity index (χ3v) is 3.78.